The first kappa shape index (κ1) is 31.6. The Morgan fingerprint density at radius 2 is 1.00 bits per heavy atom. The van der Waals surface area contributed by atoms with Crippen molar-refractivity contribution in [3.8, 4) is 0 Å². The molecule has 0 bridgehead atoms. The van der Waals surface area contributed by atoms with Crippen LogP contribution in [-0.4, -0.2) is 0 Å². The zero-order valence-electron chi connectivity index (χ0n) is 20.5. The monoisotopic (exact) mass is 567 g/mol. The standard InChI is InChI=1S/C23H29.C7H6.2ClH.Ru/c1-14-9-16(3)22(17(4)10-14)20-7-8-21(13-20)23-18(5)11-15(2)12-19(23)6;1-7-5-3-2-4-6-7;;;/h9-13,20-21H,7-8H2,1-6H3;1-6H;2*1H;/q;;;;+2/p-2. The molecule has 0 N–H and O–H groups in total. The van der Waals surface area contributed by atoms with Gasteiger partial charge in [0.25, 0.3) is 0 Å². The van der Waals surface area contributed by atoms with Crippen LogP contribution in [0.25, 0.3) is 0 Å². The molecule has 0 heterocycles. The van der Waals surface area contributed by atoms with Crippen LogP contribution in [0.3, 0.4) is 0 Å². The van der Waals surface area contributed by atoms with Gasteiger partial charge in [-0.25, -0.2) is 0 Å². The minimum atomic E-state index is 0. The maximum Gasteiger partial charge on any atom is 2.00 e. The van der Waals surface area contributed by atoms with E-state index in [4.69, 9.17) is 6.58 Å². The number of allylic oxidation sites excluding steroid dienone is 5. The Morgan fingerprint density at radius 3 is 1.27 bits per heavy atom. The maximum absolute atomic E-state index is 5.36. The molecule has 0 nitrogen and oxygen atoms in total. The summed E-state index contributed by atoms with van der Waals surface area (Å²) >= 11 is 0. The Kier molecular flexibility index (Phi) is 13.6. The second-order valence-corrected chi connectivity index (χ2v) is 9.02. The van der Waals surface area contributed by atoms with Crippen LogP contribution in [0.1, 0.15) is 69.2 Å². The van der Waals surface area contributed by atoms with Crippen molar-refractivity contribution in [1.29, 1.82) is 0 Å². The molecule has 33 heavy (non-hydrogen) atoms. The molecular formula is C30H35Cl2Ru. The Morgan fingerprint density at radius 1 is 0.667 bits per heavy atom. The average Bonchev–Trinajstić information content (AvgIpc) is 3.10. The van der Waals surface area contributed by atoms with Gasteiger partial charge in [-0.05, 0) is 112 Å². The first-order valence-electron chi connectivity index (χ1n) is 11.1. The molecule has 1 fully saturated rings. The molecule has 3 heteroatoms. The summed E-state index contributed by atoms with van der Waals surface area (Å²) in [4.78, 5) is 0. The average molecular weight is 568 g/mol. The van der Waals surface area contributed by atoms with E-state index >= 15 is 0 Å². The quantitative estimate of drug-likeness (QED) is 0.386. The number of rotatable bonds is 2. The fraction of sp³-hybridized carbons (Fsp3) is 0.333. The zero-order chi connectivity index (χ0) is 21.8. The summed E-state index contributed by atoms with van der Waals surface area (Å²) in [6, 6.07) is 9.36. The summed E-state index contributed by atoms with van der Waals surface area (Å²) in [7, 11) is 0. The van der Waals surface area contributed by atoms with Gasteiger partial charge in [0.15, 0.2) is 0 Å². The Balaban J connectivity index is 0.000000886. The molecule has 2 aliphatic rings. The van der Waals surface area contributed by atoms with E-state index in [1.807, 2.05) is 30.7 Å². The summed E-state index contributed by atoms with van der Waals surface area (Å²) in [5.74, 6) is 1.22. The van der Waals surface area contributed by atoms with Gasteiger partial charge in [-0.2, -0.15) is 18.6 Å². The van der Waals surface area contributed by atoms with Crippen molar-refractivity contribution in [2.45, 2.75) is 66.2 Å². The molecule has 2 aromatic rings. The van der Waals surface area contributed by atoms with Crippen LogP contribution in [0.5, 0.6) is 0 Å². The van der Waals surface area contributed by atoms with Gasteiger partial charge in [-0.15, -0.1) is 12.2 Å². The smallest absolute Gasteiger partial charge is 1.00 e. The topological polar surface area (TPSA) is 0 Å². The maximum atomic E-state index is 5.36. The molecule has 2 atom stereocenters. The SMILES string of the molecule is Cc1cc(C)c(C2[CH]C(c3c(C)cc(C)cc3C)CC2)c(C)c1.[CH+]=C1C=C[CH-]C=C1.[Cl-].[Cl-].[Ru+2]. The van der Waals surface area contributed by atoms with Crippen LogP contribution in [0.2, 0.25) is 0 Å². The van der Waals surface area contributed by atoms with Crippen molar-refractivity contribution < 1.29 is 44.3 Å². The minimum absolute atomic E-state index is 0. The van der Waals surface area contributed by atoms with Crippen molar-refractivity contribution in [2.24, 2.45) is 0 Å². The molecule has 177 valence electrons. The van der Waals surface area contributed by atoms with Crippen LogP contribution in [0.4, 0.5) is 0 Å². The molecule has 0 aromatic heterocycles. The van der Waals surface area contributed by atoms with E-state index in [2.05, 4.69) is 72.2 Å². The van der Waals surface area contributed by atoms with Gasteiger partial charge in [0, 0.05) is 0 Å². The Labute approximate surface area is 227 Å². The predicted molar refractivity (Wildman–Crippen MR) is 131 cm³/mol. The molecular weight excluding hydrogens is 532 g/mol. The van der Waals surface area contributed by atoms with Gasteiger partial charge in [0.1, 0.15) is 0 Å². The second kappa shape index (κ2) is 14.1. The van der Waals surface area contributed by atoms with E-state index in [1.54, 1.807) is 11.1 Å². The summed E-state index contributed by atoms with van der Waals surface area (Å²) < 4.78 is 0. The van der Waals surface area contributed by atoms with E-state index in [0.717, 1.165) is 5.57 Å². The van der Waals surface area contributed by atoms with Crippen molar-refractivity contribution in [1.82, 2.24) is 0 Å². The van der Waals surface area contributed by atoms with Gasteiger partial charge < -0.3 is 24.8 Å². The molecule has 0 amide bonds. The van der Waals surface area contributed by atoms with E-state index in [0.29, 0.717) is 11.8 Å². The molecule has 2 aliphatic carbocycles. The van der Waals surface area contributed by atoms with E-state index in [-0.39, 0.29) is 44.3 Å². The molecule has 2 unspecified atom stereocenters. The third-order valence-corrected chi connectivity index (χ3v) is 6.27. The van der Waals surface area contributed by atoms with E-state index in [1.165, 1.54) is 46.2 Å². The van der Waals surface area contributed by atoms with Gasteiger partial charge in [0.2, 0.25) is 0 Å². The van der Waals surface area contributed by atoms with Gasteiger partial charge in [0.05, 0.1) is 0 Å². The summed E-state index contributed by atoms with van der Waals surface area (Å²) in [6.07, 6.45) is 14.7. The molecule has 0 saturated heterocycles. The number of benzene rings is 2. The van der Waals surface area contributed by atoms with Crippen LogP contribution < -0.4 is 24.8 Å². The van der Waals surface area contributed by atoms with Gasteiger partial charge in [-0.1, -0.05) is 42.0 Å². The first-order valence-corrected chi connectivity index (χ1v) is 11.1. The molecule has 0 aliphatic heterocycles. The van der Waals surface area contributed by atoms with Gasteiger partial charge >= 0.3 is 19.5 Å². The Hall–Kier alpha value is -1.36. The van der Waals surface area contributed by atoms with Crippen molar-refractivity contribution >= 4 is 0 Å². The molecule has 1 saturated carbocycles. The molecule has 4 rings (SSSR count). The molecule has 0 spiro atoms. The molecule has 1 radical (unpaired) electrons. The summed E-state index contributed by atoms with van der Waals surface area (Å²) in [5, 5.41) is 0. The van der Waals surface area contributed by atoms with Crippen LogP contribution in [0, 0.1) is 61.0 Å². The van der Waals surface area contributed by atoms with Crippen LogP contribution in [0.15, 0.2) is 54.1 Å². The minimum Gasteiger partial charge on any atom is -1.00 e. The van der Waals surface area contributed by atoms with Crippen molar-refractivity contribution in [3.05, 3.63) is 118 Å². The third kappa shape index (κ3) is 8.12. The van der Waals surface area contributed by atoms with Gasteiger partial charge in [-0.3, -0.25) is 0 Å². The van der Waals surface area contributed by atoms with Crippen LogP contribution >= 0.6 is 0 Å². The largest absolute Gasteiger partial charge is 2.00 e. The fourth-order valence-corrected chi connectivity index (χ4v) is 5.32. The van der Waals surface area contributed by atoms with Crippen molar-refractivity contribution in [2.75, 3.05) is 0 Å². The third-order valence-electron chi connectivity index (χ3n) is 6.27. The molecule has 2 aromatic carbocycles. The number of hydrogen-bond acceptors (Lipinski definition) is 0. The van der Waals surface area contributed by atoms with Crippen LogP contribution in [-0.2, 0) is 19.5 Å². The summed E-state index contributed by atoms with van der Waals surface area (Å²) in [6.45, 7) is 18.9. The normalized spacial score (nSPS) is 18.2. The summed E-state index contributed by atoms with van der Waals surface area (Å²) in [5.41, 5.74) is 12.6. The van der Waals surface area contributed by atoms with Crippen molar-refractivity contribution in [3.63, 3.8) is 0 Å². The number of aryl methyl sites for hydroxylation is 6. The first-order chi connectivity index (χ1) is 14.3. The predicted octanol–water partition coefficient (Wildman–Crippen LogP) is 2.08. The zero-order valence-corrected chi connectivity index (χ0v) is 23.8. The van der Waals surface area contributed by atoms with E-state index in [9.17, 15) is 0 Å². The van der Waals surface area contributed by atoms with E-state index < -0.39 is 0 Å². The Bertz CT molecular complexity index is 877. The fourth-order valence-electron chi connectivity index (χ4n) is 5.32. The number of halogens is 2. The number of hydrogen-bond donors (Lipinski definition) is 0. The second-order valence-electron chi connectivity index (χ2n) is 9.02.